The lowest BCUT2D eigenvalue weighted by atomic mass is 10.0. The van der Waals surface area contributed by atoms with E-state index in [1.807, 2.05) is 37.3 Å². The minimum atomic E-state index is -0.247. The Balaban J connectivity index is 1.95. The number of hydrogen-bond donors (Lipinski definition) is 1. The van der Waals surface area contributed by atoms with E-state index in [9.17, 15) is 4.79 Å². The van der Waals surface area contributed by atoms with Gasteiger partial charge in [0.2, 0.25) is 0 Å². The molecule has 1 amide bonds. The predicted molar refractivity (Wildman–Crippen MR) is 64.5 cm³/mol. The third kappa shape index (κ3) is 1.60. The van der Waals surface area contributed by atoms with E-state index in [0.717, 1.165) is 17.1 Å². The molecular weight excluding hydrogens is 216 g/mol. The average molecular weight is 228 g/mol. The third-order valence-electron chi connectivity index (χ3n) is 2.98. The maximum absolute atomic E-state index is 11.7. The summed E-state index contributed by atoms with van der Waals surface area (Å²) >= 11 is 0. The Morgan fingerprint density at radius 1 is 1.35 bits per heavy atom. The van der Waals surface area contributed by atoms with Gasteiger partial charge in [0.05, 0.1) is 5.71 Å². The van der Waals surface area contributed by atoms with E-state index in [-0.39, 0.29) is 11.9 Å². The van der Waals surface area contributed by atoms with Gasteiger partial charge in [-0.05, 0) is 12.5 Å². The quantitative estimate of drug-likeness (QED) is 0.777. The van der Waals surface area contributed by atoms with Crippen LogP contribution in [0.3, 0.4) is 0 Å². The fraction of sp³-hybridized carbons (Fsp3) is 0.250. The highest BCUT2D eigenvalue weighted by Crippen LogP contribution is 2.22. The zero-order valence-corrected chi connectivity index (χ0v) is 9.42. The van der Waals surface area contributed by atoms with E-state index >= 15 is 0 Å². The molecule has 0 bridgehead atoms. The van der Waals surface area contributed by atoms with Crippen molar-refractivity contribution < 1.29 is 4.79 Å². The minimum Gasteiger partial charge on any atom is -0.271 e. The van der Waals surface area contributed by atoms with Crippen molar-refractivity contribution in [3.8, 4) is 0 Å². The normalized spacial score (nSPS) is 22.8. The lowest BCUT2D eigenvalue weighted by Crippen LogP contribution is -2.47. The number of carbonyl (C=O) groups excluding carboxylic acids is 1. The van der Waals surface area contributed by atoms with Crippen LogP contribution in [-0.4, -0.2) is 28.5 Å². The fourth-order valence-electron chi connectivity index (χ4n) is 2.08. The molecule has 0 spiro atoms. The number of hydrogen-bond acceptors (Lipinski definition) is 4. The van der Waals surface area contributed by atoms with E-state index in [1.54, 1.807) is 5.01 Å². The molecule has 0 unspecified atom stereocenters. The first-order valence-electron chi connectivity index (χ1n) is 5.52. The van der Waals surface area contributed by atoms with Gasteiger partial charge in [-0.25, -0.2) is 10.4 Å². The van der Waals surface area contributed by atoms with Gasteiger partial charge in [0, 0.05) is 6.42 Å². The molecule has 5 heteroatoms. The van der Waals surface area contributed by atoms with Crippen LogP contribution in [0, 0.1) is 0 Å². The second-order valence-electron chi connectivity index (χ2n) is 4.11. The molecule has 0 saturated heterocycles. The summed E-state index contributed by atoms with van der Waals surface area (Å²) in [6, 6.07) is 9.66. The van der Waals surface area contributed by atoms with Gasteiger partial charge in [-0.1, -0.05) is 30.3 Å². The molecule has 17 heavy (non-hydrogen) atoms. The van der Waals surface area contributed by atoms with Crippen molar-refractivity contribution in [2.24, 2.45) is 10.2 Å². The van der Waals surface area contributed by atoms with Crippen molar-refractivity contribution in [3.05, 3.63) is 35.9 Å². The minimum absolute atomic E-state index is 0.0923. The summed E-state index contributed by atoms with van der Waals surface area (Å²) in [5.74, 6) is 0.630. The summed E-state index contributed by atoms with van der Waals surface area (Å²) in [4.78, 5) is 11.7. The number of amides is 1. The van der Waals surface area contributed by atoms with Gasteiger partial charge in [0.15, 0.2) is 0 Å². The van der Waals surface area contributed by atoms with Crippen LogP contribution >= 0.6 is 0 Å². The van der Waals surface area contributed by atoms with E-state index in [1.165, 1.54) is 0 Å². The summed E-state index contributed by atoms with van der Waals surface area (Å²) in [5, 5.41) is 10.1. The van der Waals surface area contributed by atoms with Gasteiger partial charge in [0.1, 0.15) is 11.9 Å². The highest BCUT2D eigenvalue weighted by molar-refractivity contribution is 6.07. The number of nitrogens with zero attached hydrogens (tertiary/aromatic N) is 3. The van der Waals surface area contributed by atoms with Crippen molar-refractivity contribution in [1.29, 1.82) is 0 Å². The molecule has 0 radical (unpaired) electrons. The summed E-state index contributed by atoms with van der Waals surface area (Å²) in [6.07, 6.45) is 0.628. The lowest BCUT2D eigenvalue weighted by molar-refractivity contribution is -0.125. The molecule has 1 N–H and O–H groups in total. The number of nitrogens with one attached hydrogen (secondary N) is 1. The number of benzene rings is 1. The van der Waals surface area contributed by atoms with Gasteiger partial charge in [0.25, 0.3) is 5.91 Å². The van der Waals surface area contributed by atoms with Gasteiger partial charge in [-0.15, -0.1) is 0 Å². The Labute approximate surface area is 98.8 Å². The van der Waals surface area contributed by atoms with Crippen LogP contribution in [0.25, 0.3) is 0 Å². The average Bonchev–Trinajstić information content (AvgIpc) is 2.81. The van der Waals surface area contributed by atoms with Crippen LogP contribution < -0.4 is 5.43 Å². The topological polar surface area (TPSA) is 57.1 Å². The van der Waals surface area contributed by atoms with Crippen LogP contribution in [0.15, 0.2) is 40.5 Å². The molecule has 0 aromatic heterocycles. The summed E-state index contributed by atoms with van der Waals surface area (Å²) in [7, 11) is 0. The Morgan fingerprint density at radius 2 is 2.12 bits per heavy atom. The number of amidine groups is 1. The summed E-state index contributed by atoms with van der Waals surface area (Å²) in [5.41, 5.74) is 4.50. The predicted octanol–water partition coefficient (Wildman–Crippen LogP) is 0.928. The third-order valence-corrected chi connectivity index (χ3v) is 2.98. The van der Waals surface area contributed by atoms with Crippen LogP contribution in [0.1, 0.15) is 18.9 Å². The molecule has 86 valence electrons. The highest BCUT2D eigenvalue weighted by atomic mass is 16.2. The molecule has 0 fully saturated rings. The van der Waals surface area contributed by atoms with Gasteiger partial charge in [-0.3, -0.25) is 4.79 Å². The van der Waals surface area contributed by atoms with Crippen molar-refractivity contribution in [2.75, 3.05) is 0 Å². The Bertz CT molecular complexity index is 521. The SMILES string of the molecule is CC1=NNC(=O)[C@@H]2CC(c3ccccc3)=NN12. The van der Waals surface area contributed by atoms with E-state index in [4.69, 9.17) is 0 Å². The Kier molecular flexibility index (Phi) is 2.18. The number of fused-ring (bicyclic) bond motifs is 1. The Hall–Kier alpha value is -2.17. The zero-order chi connectivity index (χ0) is 11.8. The number of rotatable bonds is 1. The highest BCUT2D eigenvalue weighted by Gasteiger charge is 2.37. The smallest absolute Gasteiger partial charge is 0.265 e. The van der Waals surface area contributed by atoms with Crippen molar-refractivity contribution in [3.63, 3.8) is 0 Å². The van der Waals surface area contributed by atoms with Crippen LogP contribution in [-0.2, 0) is 4.79 Å². The molecule has 3 rings (SSSR count). The van der Waals surface area contributed by atoms with Gasteiger partial charge in [-0.2, -0.15) is 10.2 Å². The van der Waals surface area contributed by atoms with Crippen LogP contribution in [0.2, 0.25) is 0 Å². The number of carbonyl (C=O) groups is 1. The molecule has 2 aliphatic rings. The van der Waals surface area contributed by atoms with E-state index in [0.29, 0.717) is 6.42 Å². The molecule has 0 aliphatic carbocycles. The molecule has 1 aromatic rings. The molecule has 0 saturated carbocycles. The maximum Gasteiger partial charge on any atom is 0.265 e. The second kappa shape index (κ2) is 3.69. The maximum atomic E-state index is 11.7. The Morgan fingerprint density at radius 3 is 2.82 bits per heavy atom. The van der Waals surface area contributed by atoms with Crippen molar-refractivity contribution in [2.45, 2.75) is 19.4 Å². The number of hydrazone groups is 2. The second-order valence-corrected chi connectivity index (χ2v) is 4.11. The monoisotopic (exact) mass is 228 g/mol. The molecule has 1 atom stereocenters. The van der Waals surface area contributed by atoms with Gasteiger partial charge >= 0.3 is 0 Å². The van der Waals surface area contributed by atoms with Crippen molar-refractivity contribution >= 4 is 17.5 Å². The first-order chi connectivity index (χ1) is 8.25. The molecule has 5 nitrogen and oxygen atoms in total. The van der Waals surface area contributed by atoms with Crippen molar-refractivity contribution in [1.82, 2.24) is 10.4 Å². The molecule has 2 heterocycles. The summed E-state index contributed by atoms with van der Waals surface area (Å²) in [6.45, 7) is 1.84. The summed E-state index contributed by atoms with van der Waals surface area (Å²) < 4.78 is 0. The van der Waals surface area contributed by atoms with E-state index < -0.39 is 0 Å². The first-order valence-corrected chi connectivity index (χ1v) is 5.52. The zero-order valence-electron chi connectivity index (χ0n) is 9.42. The van der Waals surface area contributed by atoms with Crippen LogP contribution in [0.4, 0.5) is 0 Å². The fourth-order valence-corrected chi connectivity index (χ4v) is 2.08. The molecular formula is C12H12N4O. The first kappa shape index (κ1) is 10.0. The van der Waals surface area contributed by atoms with E-state index in [2.05, 4.69) is 15.6 Å². The largest absolute Gasteiger partial charge is 0.271 e. The lowest BCUT2D eigenvalue weighted by Gasteiger charge is -2.25. The van der Waals surface area contributed by atoms with Gasteiger partial charge < -0.3 is 0 Å². The molecule has 2 aliphatic heterocycles. The standard InChI is InChI=1S/C12H12N4O/c1-8-13-14-12(17)11-7-10(15-16(8)11)9-5-3-2-4-6-9/h2-6,11H,7H2,1H3,(H,14,17)/t11-/m0/s1. The molecule has 1 aromatic carbocycles. The van der Waals surface area contributed by atoms with Crippen LogP contribution in [0.5, 0.6) is 0 Å².